The van der Waals surface area contributed by atoms with Gasteiger partial charge in [-0.15, -0.1) is 0 Å². The summed E-state index contributed by atoms with van der Waals surface area (Å²) in [5, 5.41) is 12.0. The van der Waals surface area contributed by atoms with E-state index < -0.39 is 5.97 Å². The Balaban J connectivity index is 1.56. The van der Waals surface area contributed by atoms with E-state index in [4.69, 9.17) is 4.74 Å². The first-order valence-corrected chi connectivity index (χ1v) is 8.05. The zero-order chi connectivity index (χ0) is 18.4. The van der Waals surface area contributed by atoms with Crippen molar-refractivity contribution in [2.24, 2.45) is 0 Å². The van der Waals surface area contributed by atoms with Crippen molar-refractivity contribution < 1.29 is 19.4 Å². The SMILES string of the molecule is O=C(Cc1ccc(O)cc1)Oc1ccc(NC(=O)c2ccccc2)cc1. The Morgan fingerprint density at radius 1 is 0.846 bits per heavy atom. The van der Waals surface area contributed by atoms with Gasteiger partial charge in [-0.25, -0.2) is 0 Å². The molecule has 0 fully saturated rings. The number of benzene rings is 3. The lowest BCUT2D eigenvalue weighted by atomic mass is 10.1. The fourth-order valence-corrected chi connectivity index (χ4v) is 2.35. The van der Waals surface area contributed by atoms with Crippen molar-refractivity contribution in [3.05, 3.63) is 90.0 Å². The van der Waals surface area contributed by atoms with Crippen molar-refractivity contribution in [1.82, 2.24) is 0 Å². The molecule has 130 valence electrons. The molecule has 0 spiro atoms. The second-order valence-electron chi connectivity index (χ2n) is 5.66. The van der Waals surface area contributed by atoms with Crippen LogP contribution in [-0.4, -0.2) is 17.0 Å². The number of phenolic OH excluding ortho intramolecular Hbond substituents is 1. The molecule has 0 aliphatic heterocycles. The minimum Gasteiger partial charge on any atom is -0.508 e. The summed E-state index contributed by atoms with van der Waals surface area (Å²) in [5.41, 5.74) is 1.92. The van der Waals surface area contributed by atoms with Crippen LogP contribution in [0.5, 0.6) is 11.5 Å². The second-order valence-corrected chi connectivity index (χ2v) is 5.66. The molecule has 1 amide bonds. The third-order valence-electron chi connectivity index (χ3n) is 3.66. The van der Waals surface area contributed by atoms with E-state index in [2.05, 4.69) is 5.32 Å². The van der Waals surface area contributed by atoms with Crippen LogP contribution in [0, 0.1) is 0 Å². The number of amides is 1. The first-order valence-electron chi connectivity index (χ1n) is 8.05. The third-order valence-corrected chi connectivity index (χ3v) is 3.66. The molecular weight excluding hydrogens is 330 g/mol. The lowest BCUT2D eigenvalue weighted by Crippen LogP contribution is -2.12. The largest absolute Gasteiger partial charge is 0.508 e. The Bertz CT molecular complexity index is 888. The average molecular weight is 347 g/mol. The molecule has 5 heteroatoms. The lowest BCUT2D eigenvalue weighted by Gasteiger charge is -2.08. The van der Waals surface area contributed by atoms with Crippen molar-refractivity contribution in [3.63, 3.8) is 0 Å². The number of anilines is 1. The van der Waals surface area contributed by atoms with Crippen LogP contribution in [0.25, 0.3) is 0 Å². The van der Waals surface area contributed by atoms with Crippen LogP contribution < -0.4 is 10.1 Å². The van der Waals surface area contributed by atoms with Gasteiger partial charge in [0, 0.05) is 11.3 Å². The molecule has 0 heterocycles. The van der Waals surface area contributed by atoms with Gasteiger partial charge in [0.1, 0.15) is 11.5 Å². The van der Waals surface area contributed by atoms with Gasteiger partial charge >= 0.3 is 5.97 Å². The summed E-state index contributed by atoms with van der Waals surface area (Å²) in [6, 6.07) is 21.9. The van der Waals surface area contributed by atoms with Gasteiger partial charge in [-0.3, -0.25) is 9.59 Å². The minimum absolute atomic E-state index is 0.104. The van der Waals surface area contributed by atoms with E-state index in [1.165, 1.54) is 12.1 Å². The minimum atomic E-state index is -0.406. The highest BCUT2D eigenvalue weighted by atomic mass is 16.5. The number of rotatable bonds is 5. The quantitative estimate of drug-likeness (QED) is 0.544. The Hall–Kier alpha value is -3.60. The van der Waals surface area contributed by atoms with E-state index in [-0.39, 0.29) is 18.1 Å². The monoisotopic (exact) mass is 347 g/mol. The number of carbonyl (C=O) groups is 2. The van der Waals surface area contributed by atoms with Crippen molar-refractivity contribution in [2.45, 2.75) is 6.42 Å². The fraction of sp³-hybridized carbons (Fsp3) is 0.0476. The van der Waals surface area contributed by atoms with Crippen molar-refractivity contribution in [2.75, 3.05) is 5.32 Å². The highest BCUT2D eigenvalue weighted by Gasteiger charge is 2.08. The smallest absolute Gasteiger partial charge is 0.315 e. The van der Waals surface area contributed by atoms with Gasteiger partial charge in [0.15, 0.2) is 0 Å². The van der Waals surface area contributed by atoms with Gasteiger partial charge in [-0.2, -0.15) is 0 Å². The number of nitrogens with one attached hydrogen (secondary N) is 1. The summed E-state index contributed by atoms with van der Waals surface area (Å²) in [6.07, 6.45) is 0.104. The summed E-state index contributed by atoms with van der Waals surface area (Å²) in [7, 11) is 0. The standard InChI is InChI=1S/C21H17NO4/c23-18-10-6-15(7-11-18)14-20(24)26-19-12-8-17(9-13-19)22-21(25)16-4-2-1-3-5-16/h1-13,23H,14H2,(H,22,25). The fourth-order valence-electron chi connectivity index (χ4n) is 2.35. The molecule has 0 radical (unpaired) electrons. The van der Waals surface area contributed by atoms with Crippen LogP contribution >= 0.6 is 0 Å². The normalized spacial score (nSPS) is 10.2. The van der Waals surface area contributed by atoms with Crippen LogP contribution in [-0.2, 0) is 11.2 Å². The molecule has 0 bridgehead atoms. The first kappa shape index (κ1) is 17.2. The van der Waals surface area contributed by atoms with Gasteiger partial charge in [-0.1, -0.05) is 30.3 Å². The van der Waals surface area contributed by atoms with E-state index in [0.717, 1.165) is 5.56 Å². The molecule has 26 heavy (non-hydrogen) atoms. The Morgan fingerprint density at radius 2 is 1.50 bits per heavy atom. The molecule has 0 aliphatic rings. The Kier molecular flexibility index (Phi) is 5.29. The number of ether oxygens (including phenoxy) is 1. The van der Waals surface area contributed by atoms with Crippen LogP contribution in [0.15, 0.2) is 78.9 Å². The number of phenols is 1. The van der Waals surface area contributed by atoms with Crippen LogP contribution in [0.3, 0.4) is 0 Å². The van der Waals surface area contributed by atoms with E-state index in [9.17, 15) is 14.7 Å². The van der Waals surface area contributed by atoms with Gasteiger partial charge in [0.05, 0.1) is 6.42 Å². The predicted molar refractivity (Wildman–Crippen MR) is 98.3 cm³/mol. The Morgan fingerprint density at radius 3 is 2.15 bits per heavy atom. The molecule has 0 saturated carbocycles. The van der Waals surface area contributed by atoms with Gasteiger partial charge < -0.3 is 15.2 Å². The van der Waals surface area contributed by atoms with Crippen LogP contribution in [0.1, 0.15) is 15.9 Å². The zero-order valence-electron chi connectivity index (χ0n) is 13.9. The number of hydrogen-bond acceptors (Lipinski definition) is 4. The highest BCUT2D eigenvalue weighted by molar-refractivity contribution is 6.04. The Labute approximate surface area is 150 Å². The second kappa shape index (κ2) is 7.98. The van der Waals surface area contributed by atoms with Crippen molar-refractivity contribution in [1.29, 1.82) is 0 Å². The molecule has 0 saturated heterocycles. The number of esters is 1. The van der Waals surface area contributed by atoms with Crippen molar-refractivity contribution >= 4 is 17.6 Å². The zero-order valence-corrected chi connectivity index (χ0v) is 13.9. The maximum Gasteiger partial charge on any atom is 0.315 e. The molecule has 0 atom stereocenters. The van der Waals surface area contributed by atoms with Crippen molar-refractivity contribution in [3.8, 4) is 11.5 Å². The van der Waals surface area contributed by atoms with E-state index in [1.807, 2.05) is 6.07 Å². The maximum atomic E-state index is 12.1. The van der Waals surface area contributed by atoms with Gasteiger partial charge in [0.2, 0.25) is 0 Å². The predicted octanol–water partition coefficient (Wildman–Crippen LogP) is 3.79. The molecule has 3 rings (SSSR count). The number of aromatic hydroxyl groups is 1. The lowest BCUT2D eigenvalue weighted by molar-refractivity contribution is -0.133. The first-order chi connectivity index (χ1) is 12.6. The summed E-state index contributed by atoms with van der Waals surface area (Å²) in [4.78, 5) is 24.0. The van der Waals surface area contributed by atoms with E-state index in [0.29, 0.717) is 17.0 Å². The van der Waals surface area contributed by atoms with Gasteiger partial charge in [-0.05, 0) is 54.1 Å². The van der Waals surface area contributed by atoms with E-state index in [1.54, 1.807) is 60.7 Å². The highest BCUT2D eigenvalue weighted by Crippen LogP contribution is 2.18. The summed E-state index contributed by atoms with van der Waals surface area (Å²) >= 11 is 0. The van der Waals surface area contributed by atoms with E-state index >= 15 is 0 Å². The molecule has 5 nitrogen and oxygen atoms in total. The number of carbonyl (C=O) groups excluding carboxylic acids is 2. The summed E-state index contributed by atoms with van der Waals surface area (Å²) in [6.45, 7) is 0. The summed E-state index contributed by atoms with van der Waals surface area (Å²) in [5.74, 6) is -0.0684. The molecule has 0 unspecified atom stereocenters. The maximum absolute atomic E-state index is 12.1. The van der Waals surface area contributed by atoms with Crippen LogP contribution in [0.4, 0.5) is 5.69 Å². The summed E-state index contributed by atoms with van der Waals surface area (Å²) < 4.78 is 5.28. The molecule has 3 aromatic carbocycles. The van der Waals surface area contributed by atoms with Crippen LogP contribution in [0.2, 0.25) is 0 Å². The molecular formula is C21H17NO4. The molecule has 3 aromatic rings. The molecule has 2 N–H and O–H groups in total. The topological polar surface area (TPSA) is 75.6 Å². The molecule has 0 aromatic heterocycles. The molecule has 0 aliphatic carbocycles. The van der Waals surface area contributed by atoms with Gasteiger partial charge in [0.25, 0.3) is 5.91 Å². The third kappa shape index (κ3) is 4.70. The number of hydrogen-bond donors (Lipinski definition) is 2. The average Bonchev–Trinajstić information content (AvgIpc) is 2.66.